The van der Waals surface area contributed by atoms with Gasteiger partial charge in [0, 0.05) is 12.6 Å². The van der Waals surface area contributed by atoms with E-state index in [1.807, 2.05) is 0 Å². The number of amides is 1. The molecule has 0 saturated heterocycles. The number of carbonyl (C=O) groups is 1. The fourth-order valence-corrected chi connectivity index (χ4v) is 2.38. The Balaban J connectivity index is 0.00000128. The number of nitrogens with one attached hydrogen (secondary N) is 1. The lowest BCUT2D eigenvalue weighted by molar-refractivity contribution is 0.0954. The summed E-state index contributed by atoms with van der Waals surface area (Å²) in [5.74, 6) is 0.528. The van der Waals surface area contributed by atoms with Crippen LogP contribution in [-0.2, 0) is 0 Å². The molecule has 0 aromatic carbocycles. The number of carbonyl (C=O) groups excluding carboxylic acids is 1. The quantitative estimate of drug-likeness (QED) is 0.889. The van der Waals surface area contributed by atoms with Crippen molar-refractivity contribution in [2.24, 2.45) is 11.7 Å². The molecule has 1 unspecified atom stereocenters. The standard InChI is InChI=1S/C10H13ClN2OS.ClH/c11-9-4-3-8(15-9)10(14)13-5-7(12)6-1-2-6;/h3-4,6-7H,1-2,5,12H2,(H,13,14);1H. The van der Waals surface area contributed by atoms with Gasteiger partial charge in [0.05, 0.1) is 9.21 Å². The van der Waals surface area contributed by atoms with E-state index in [2.05, 4.69) is 5.32 Å². The summed E-state index contributed by atoms with van der Waals surface area (Å²) in [7, 11) is 0. The Hall–Kier alpha value is -0.290. The number of rotatable bonds is 4. The summed E-state index contributed by atoms with van der Waals surface area (Å²) in [6.45, 7) is 0.555. The van der Waals surface area contributed by atoms with E-state index in [1.54, 1.807) is 12.1 Å². The Kier molecular flexibility index (Phi) is 5.05. The van der Waals surface area contributed by atoms with E-state index in [1.165, 1.54) is 24.2 Å². The molecule has 0 aliphatic heterocycles. The molecule has 0 bridgehead atoms. The van der Waals surface area contributed by atoms with E-state index in [4.69, 9.17) is 17.3 Å². The summed E-state index contributed by atoms with van der Waals surface area (Å²) in [6, 6.07) is 3.55. The minimum absolute atomic E-state index is 0. The summed E-state index contributed by atoms with van der Waals surface area (Å²) < 4.78 is 0.631. The molecule has 3 N–H and O–H groups in total. The van der Waals surface area contributed by atoms with Crippen molar-refractivity contribution in [1.29, 1.82) is 0 Å². The first kappa shape index (κ1) is 13.8. The van der Waals surface area contributed by atoms with Gasteiger partial charge >= 0.3 is 0 Å². The van der Waals surface area contributed by atoms with E-state index in [-0.39, 0.29) is 24.4 Å². The SMILES string of the molecule is Cl.NC(CNC(=O)c1ccc(Cl)s1)C1CC1. The Labute approximate surface area is 110 Å². The van der Waals surface area contributed by atoms with Crippen LogP contribution in [-0.4, -0.2) is 18.5 Å². The van der Waals surface area contributed by atoms with Crippen molar-refractivity contribution in [2.45, 2.75) is 18.9 Å². The highest BCUT2D eigenvalue weighted by Crippen LogP contribution is 2.31. The normalized spacial score (nSPS) is 16.4. The van der Waals surface area contributed by atoms with Gasteiger partial charge in [-0.25, -0.2) is 0 Å². The maximum Gasteiger partial charge on any atom is 0.261 e. The zero-order chi connectivity index (χ0) is 10.8. The Bertz CT molecular complexity index is 365. The molecule has 1 aromatic heterocycles. The lowest BCUT2D eigenvalue weighted by Crippen LogP contribution is -2.38. The zero-order valence-corrected chi connectivity index (χ0v) is 11.0. The van der Waals surface area contributed by atoms with E-state index >= 15 is 0 Å². The van der Waals surface area contributed by atoms with Crippen molar-refractivity contribution < 1.29 is 4.79 Å². The van der Waals surface area contributed by atoms with Gasteiger partial charge in [0.1, 0.15) is 0 Å². The smallest absolute Gasteiger partial charge is 0.261 e. The first-order valence-corrected chi connectivity index (χ1v) is 6.15. The lowest BCUT2D eigenvalue weighted by atomic mass is 10.2. The number of hydrogen-bond acceptors (Lipinski definition) is 3. The number of hydrogen-bond donors (Lipinski definition) is 2. The van der Waals surface area contributed by atoms with Crippen molar-refractivity contribution in [1.82, 2.24) is 5.32 Å². The minimum Gasteiger partial charge on any atom is -0.350 e. The molecule has 6 heteroatoms. The van der Waals surface area contributed by atoms with Crippen LogP contribution in [0.2, 0.25) is 4.34 Å². The molecule has 0 radical (unpaired) electrons. The molecule has 1 saturated carbocycles. The maximum absolute atomic E-state index is 11.6. The highest BCUT2D eigenvalue weighted by molar-refractivity contribution is 7.17. The van der Waals surface area contributed by atoms with E-state index < -0.39 is 0 Å². The highest BCUT2D eigenvalue weighted by atomic mass is 35.5. The predicted molar refractivity (Wildman–Crippen MR) is 69.6 cm³/mol. The molecule has 16 heavy (non-hydrogen) atoms. The first-order chi connectivity index (χ1) is 7.16. The summed E-state index contributed by atoms with van der Waals surface area (Å²) in [4.78, 5) is 12.2. The molecule has 0 spiro atoms. The molecular weight excluding hydrogens is 267 g/mol. The number of thiophene rings is 1. The lowest BCUT2D eigenvalue weighted by Gasteiger charge is -2.10. The Morgan fingerprint density at radius 1 is 1.62 bits per heavy atom. The molecule has 90 valence electrons. The monoisotopic (exact) mass is 280 g/mol. The fourth-order valence-electron chi connectivity index (χ4n) is 1.43. The van der Waals surface area contributed by atoms with E-state index in [9.17, 15) is 4.79 Å². The van der Waals surface area contributed by atoms with Crippen LogP contribution in [0.5, 0.6) is 0 Å². The average Bonchev–Trinajstić information content (AvgIpc) is 2.97. The van der Waals surface area contributed by atoms with E-state index in [0.29, 0.717) is 21.7 Å². The van der Waals surface area contributed by atoms with Gasteiger partial charge in [-0.1, -0.05) is 11.6 Å². The molecule has 2 rings (SSSR count). The molecule has 1 fully saturated rings. The Morgan fingerprint density at radius 2 is 2.31 bits per heavy atom. The topological polar surface area (TPSA) is 55.1 Å². The summed E-state index contributed by atoms with van der Waals surface area (Å²) in [5.41, 5.74) is 5.87. The molecular formula is C10H14Cl2N2OS. The third-order valence-electron chi connectivity index (χ3n) is 2.52. The van der Waals surface area contributed by atoms with Gasteiger partial charge < -0.3 is 11.1 Å². The van der Waals surface area contributed by atoms with Gasteiger partial charge in [-0.3, -0.25) is 4.79 Å². The van der Waals surface area contributed by atoms with Crippen molar-refractivity contribution >= 4 is 41.3 Å². The van der Waals surface area contributed by atoms with Crippen LogP contribution in [0.1, 0.15) is 22.5 Å². The molecule has 1 aliphatic rings. The third-order valence-corrected chi connectivity index (χ3v) is 3.75. The summed E-state index contributed by atoms with van der Waals surface area (Å²) in [6.07, 6.45) is 2.39. The molecule has 1 aliphatic carbocycles. The van der Waals surface area contributed by atoms with Crippen LogP contribution in [0.3, 0.4) is 0 Å². The highest BCUT2D eigenvalue weighted by Gasteiger charge is 2.28. The molecule has 1 heterocycles. The maximum atomic E-state index is 11.6. The van der Waals surface area contributed by atoms with Crippen molar-refractivity contribution in [2.75, 3.05) is 6.54 Å². The predicted octanol–water partition coefficient (Wildman–Crippen LogP) is 2.29. The summed E-state index contributed by atoms with van der Waals surface area (Å²) in [5, 5.41) is 2.82. The second-order valence-electron chi connectivity index (χ2n) is 3.82. The van der Waals surface area contributed by atoms with Gasteiger partial charge in [-0.05, 0) is 30.9 Å². The van der Waals surface area contributed by atoms with E-state index in [0.717, 1.165) is 0 Å². The molecule has 1 atom stereocenters. The van der Waals surface area contributed by atoms with Crippen LogP contribution in [0.15, 0.2) is 12.1 Å². The van der Waals surface area contributed by atoms with Crippen molar-refractivity contribution in [3.05, 3.63) is 21.3 Å². The van der Waals surface area contributed by atoms with Gasteiger partial charge in [-0.2, -0.15) is 0 Å². The number of nitrogens with two attached hydrogens (primary N) is 1. The molecule has 3 nitrogen and oxygen atoms in total. The fraction of sp³-hybridized carbons (Fsp3) is 0.500. The van der Waals surface area contributed by atoms with Gasteiger partial charge in [0.2, 0.25) is 0 Å². The minimum atomic E-state index is -0.0806. The Morgan fingerprint density at radius 3 is 2.81 bits per heavy atom. The van der Waals surface area contributed by atoms with Crippen LogP contribution in [0, 0.1) is 5.92 Å². The molecule has 1 amide bonds. The largest absolute Gasteiger partial charge is 0.350 e. The third kappa shape index (κ3) is 3.63. The molecule has 1 aromatic rings. The van der Waals surface area contributed by atoms with Crippen molar-refractivity contribution in [3.8, 4) is 0 Å². The second-order valence-corrected chi connectivity index (χ2v) is 5.53. The van der Waals surface area contributed by atoms with Crippen LogP contribution >= 0.6 is 35.3 Å². The van der Waals surface area contributed by atoms with Crippen LogP contribution in [0.25, 0.3) is 0 Å². The van der Waals surface area contributed by atoms with Crippen molar-refractivity contribution in [3.63, 3.8) is 0 Å². The van der Waals surface area contributed by atoms with Crippen LogP contribution < -0.4 is 11.1 Å². The average molecular weight is 281 g/mol. The van der Waals surface area contributed by atoms with Gasteiger partial charge in [0.25, 0.3) is 5.91 Å². The van der Waals surface area contributed by atoms with Gasteiger partial charge in [-0.15, -0.1) is 23.7 Å². The second kappa shape index (κ2) is 5.87. The number of halogens is 2. The summed E-state index contributed by atoms with van der Waals surface area (Å²) >= 11 is 7.03. The first-order valence-electron chi connectivity index (χ1n) is 4.96. The zero-order valence-electron chi connectivity index (χ0n) is 8.61. The van der Waals surface area contributed by atoms with Crippen LogP contribution in [0.4, 0.5) is 0 Å². The van der Waals surface area contributed by atoms with Gasteiger partial charge in [0.15, 0.2) is 0 Å².